The van der Waals surface area contributed by atoms with Gasteiger partial charge >= 0.3 is 0 Å². The van der Waals surface area contributed by atoms with Crippen LogP contribution in [-0.4, -0.2) is 36.6 Å². The first-order valence-electron chi connectivity index (χ1n) is 8.84. The van der Waals surface area contributed by atoms with Gasteiger partial charge in [0.25, 0.3) is 5.91 Å². The number of nitrogens with zero attached hydrogens (tertiary/aromatic N) is 1. The van der Waals surface area contributed by atoms with Crippen molar-refractivity contribution in [1.82, 2.24) is 5.32 Å². The average Bonchev–Trinajstić information content (AvgIpc) is 2.70. The second-order valence-corrected chi connectivity index (χ2v) is 8.31. The fourth-order valence-corrected chi connectivity index (χ4v) is 4.04. The Kier molecular flexibility index (Phi) is 7.16. The van der Waals surface area contributed by atoms with Gasteiger partial charge in [-0.2, -0.15) is 11.8 Å². The summed E-state index contributed by atoms with van der Waals surface area (Å²) < 4.78 is 5.64. The van der Waals surface area contributed by atoms with Gasteiger partial charge in [-0.3, -0.25) is 4.79 Å². The number of anilines is 1. The van der Waals surface area contributed by atoms with Crippen molar-refractivity contribution in [2.24, 2.45) is 0 Å². The maximum Gasteiger partial charge on any atom is 0.261 e. The summed E-state index contributed by atoms with van der Waals surface area (Å²) in [6.45, 7) is 4.30. The summed E-state index contributed by atoms with van der Waals surface area (Å²) >= 11 is 14.1. The molecular formula is C20H22Cl2N2O2S. The molecule has 1 saturated heterocycles. The highest BCUT2D eigenvalue weighted by Gasteiger charge is 2.17. The standard InChI is InChI=1S/C20H22Cl2N2O2S/c1-14(26-18-4-2-3-17(21)19(18)22)20(25)23-13-15-5-7-16(8-6-15)24-9-11-27-12-10-24/h2-8,14H,9-13H2,1H3,(H,23,25). The molecule has 2 aromatic rings. The molecule has 1 aliphatic heterocycles. The molecular weight excluding hydrogens is 403 g/mol. The lowest BCUT2D eigenvalue weighted by atomic mass is 10.2. The van der Waals surface area contributed by atoms with Crippen LogP contribution in [0.5, 0.6) is 5.75 Å². The minimum atomic E-state index is -0.675. The lowest BCUT2D eigenvalue weighted by molar-refractivity contribution is -0.127. The predicted octanol–water partition coefficient (Wildman–Crippen LogP) is 4.63. The van der Waals surface area contributed by atoms with Crippen LogP contribution in [0.15, 0.2) is 42.5 Å². The molecule has 0 radical (unpaired) electrons. The Balaban J connectivity index is 1.51. The molecule has 0 spiro atoms. The van der Waals surface area contributed by atoms with E-state index in [-0.39, 0.29) is 5.91 Å². The molecule has 0 aromatic heterocycles. The number of amides is 1. The van der Waals surface area contributed by atoms with Gasteiger partial charge in [-0.1, -0.05) is 41.4 Å². The smallest absolute Gasteiger partial charge is 0.261 e. The monoisotopic (exact) mass is 424 g/mol. The van der Waals surface area contributed by atoms with E-state index >= 15 is 0 Å². The number of ether oxygens (including phenoxy) is 1. The minimum absolute atomic E-state index is 0.205. The number of carbonyl (C=O) groups is 1. The Hall–Kier alpha value is -1.56. The molecule has 1 unspecified atom stereocenters. The number of thioether (sulfide) groups is 1. The van der Waals surface area contributed by atoms with Crippen LogP contribution in [0.4, 0.5) is 5.69 Å². The molecule has 2 aromatic carbocycles. The van der Waals surface area contributed by atoms with Gasteiger partial charge in [0.1, 0.15) is 10.8 Å². The lowest BCUT2D eigenvalue weighted by Gasteiger charge is -2.28. The first-order chi connectivity index (χ1) is 13.0. The molecule has 1 aliphatic rings. The van der Waals surface area contributed by atoms with E-state index in [2.05, 4.69) is 34.5 Å². The van der Waals surface area contributed by atoms with Crippen molar-refractivity contribution in [3.8, 4) is 5.75 Å². The molecule has 7 heteroatoms. The van der Waals surface area contributed by atoms with E-state index in [0.717, 1.165) is 18.7 Å². The SMILES string of the molecule is CC(Oc1cccc(Cl)c1Cl)C(=O)NCc1ccc(N2CCSCC2)cc1. The number of carbonyl (C=O) groups excluding carboxylic acids is 1. The van der Waals surface area contributed by atoms with Crippen molar-refractivity contribution >= 4 is 46.6 Å². The van der Waals surface area contributed by atoms with Crippen molar-refractivity contribution < 1.29 is 9.53 Å². The zero-order chi connectivity index (χ0) is 19.2. The summed E-state index contributed by atoms with van der Waals surface area (Å²) in [5.41, 5.74) is 2.28. The number of halogens is 2. The molecule has 1 amide bonds. The first kappa shape index (κ1) is 20.2. The fraction of sp³-hybridized carbons (Fsp3) is 0.350. The number of benzene rings is 2. The van der Waals surface area contributed by atoms with Crippen LogP contribution in [0, 0.1) is 0 Å². The first-order valence-corrected chi connectivity index (χ1v) is 10.8. The quantitative estimate of drug-likeness (QED) is 0.733. The number of hydrogen-bond acceptors (Lipinski definition) is 4. The Morgan fingerprint density at radius 3 is 2.59 bits per heavy atom. The van der Waals surface area contributed by atoms with Crippen molar-refractivity contribution in [3.63, 3.8) is 0 Å². The van der Waals surface area contributed by atoms with Crippen LogP contribution in [0.25, 0.3) is 0 Å². The Morgan fingerprint density at radius 1 is 1.19 bits per heavy atom. The van der Waals surface area contributed by atoms with E-state index in [1.807, 2.05) is 11.8 Å². The van der Waals surface area contributed by atoms with E-state index in [0.29, 0.717) is 22.3 Å². The molecule has 1 fully saturated rings. The van der Waals surface area contributed by atoms with Gasteiger partial charge < -0.3 is 15.0 Å². The van der Waals surface area contributed by atoms with Crippen molar-refractivity contribution in [3.05, 3.63) is 58.1 Å². The molecule has 3 rings (SSSR count). The summed E-state index contributed by atoms with van der Waals surface area (Å²) in [5.74, 6) is 2.54. The Labute approximate surface area is 174 Å². The molecule has 1 heterocycles. The predicted molar refractivity (Wildman–Crippen MR) is 114 cm³/mol. The summed E-state index contributed by atoms with van der Waals surface area (Å²) in [4.78, 5) is 14.7. The lowest BCUT2D eigenvalue weighted by Crippen LogP contribution is -2.36. The summed E-state index contributed by atoms with van der Waals surface area (Å²) in [7, 11) is 0. The van der Waals surface area contributed by atoms with Crippen LogP contribution in [0.1, 0.15) is 12.5 Å². The molecule has 0 aliphatic carbocycles. The zero-order valence-electron chi connectivity index (χ0n) is 15.1. The summed E-state index contributed by atoms with van der Waals surface area (Å²) in [5, 5.41) is 3.60. The highest BCUT2D eigenvalue weighted by atomic mass is 35.5. The molecule has 0 saturated carbocycles. The molecule has 144 valence electrons. The third kappa shape index (κ3) is 5.47. The van der Waals surface area contributed by atoms with E-state index in [1.54, 1.807) is 25.1 Å². The van der Waals surface area contributed by atoms with Crippen LogP contribution < -0.4 is 15.0 Å². The highest BCUT2D eigenvalue weighted by Crippen LogP contribution is 2.32. The Morgan fingerprint density at radius 2 is 1.89 bits per heavy atom. The third-order valence-electron chi connectivity index (χ3n) is 4.37. The van der Waals surface area contributed by atoms with Gasteiger partial charge in [0, 0.05) is 36.8 Å². The zero-order valence-corrected chi connectivity index (χ0v) is 17.4. The van der Waals surface area contributed by atoms with E-state index < -0.39 is 6.10 Å². The Bertz CT molecular complexity index is 780. The van der Waals surface area contributed by atoms with Gasteiger partial charge in [0.2, 0.25) is 0 Å². The molecule has 27 heavy (non-hydrogen) atoms. The van der Waals surface area contributed by atoms with Crippen molar-refractivity contribution in [2.75, 3.05) is 29.5 Å². The maximum absolute atomic E-state index is 12.3. The third-order valence-corrected chi connectivity index (χ3v) is 6.11. The highest BCUT2D eigenvalue weighted by molar-refractivity contribution is 7.99. The maximum atomic E-state index is 12.3. The molecule has 0 bridgehead atoms. The molecule has 1 N–H and O–H groups in total. The van der Waals surface area contributed by atoms with Gasteiger partial charge in [-0.25, -0.2) is 0 Å². The molecule has 4 nitrogen and oxygen atoms in total. The average molecular weight is 425 g/mol. The van der Waals surface area contributed by atoms with Crippen molar-refractivity contribution in [2.45, 2.75) is 19.6 Å². The van der Waals surface area contributed by atoms with E-state index in [4.69, 9.17) is 27.9 Å². The van der Waals surface area contributed by atoms with Gasteiger partial charge in [0.15, 0.2) is 6.10 Å². The fourth-order valence-electron chi connectivity index (χ4n) is 2.80. The van der Waals surface area contributed by atoms with Gasteiger partial charge in [-0.15, -0.1) is 0 Å². The summed E-state index contributed by atoms with van der Waals surface area (Å²) in [6.07, 6.45) is -0.675. The number of nitrogens with one attached hydrogen (secondary N) is 1. The van der Waals surface area contributed by atoms with Crippen LogP contribution >= 0.6 is 35.0 Å². The number of rotatable bonds is 6. The van der Waals surface area contributed by atoms with Crippen LogP contribution in [-0.2, 0) is 11.3 Å². The van der Waals surface area contributed by atoms with Crippen LogP contribution in [0.3, 0.4) is 0 Å². The van der Waals surface area contributed by atoms with Crippen molar-refractivity contribution in [1.29, 1.82) is 0 Å². The topological polar surface area (TPSA) is 41.6 Å². The van der Waals surface area contributed by atoms with Gasteiger partial charge in [-0.05, 0) is 36.8 Å². The second-order valence-electron chi connectivity index (χ2n) is 6.30. The van der Waals surface area contributed by atoms with E-state index in [9.17, 15) is 4.79 Å². The van der Waals surface area contributed by atoms with Gasteiger partial charge in [0.05, 0.1) is 5.02 Å². The summed E-state index contributed by atoms with van der Waals surface area (Å²) in [6, 6.07) is 13.4. The second kappa shape index (κ2) is 9.58. The largest absolute Gasteiger partial charge is 0.479 e. The van der Waals surface area contributed by atoms with E-state index in [1.165, 1.54) is 17.2 Å². The normalized spacial score (nSPS) is 15.3. The number of hydrogen-bond donors (Lipinski definition) is 1. The minimum Gasteiger partial charge on any atom is -0.479 e. The van der Waals surface area contributed by atoms with Crippen LogP contribution in [0.2, 0.25) is 10.0 Å². The molecule has 1 atom stereocenters.